The summed E-state index contributed by atoms with van der Waals surface area (Å²) in [5.41, 5.74) is 4.65. The molecule has 1 atom stereocenters. The lowest BCUT2D eigenvalue weighted by Crippen LogP contribution is -1.90. The molecule has 4 heteroatoms. The van der Waals surface area contributed by atoms with Crippen LogP contribution >= 0.6 is 0 Å². The molecular weight excluding hydrogens is 274 g/mol. The van der Waals surface area contributed by atoms with Gasteiger partial charge >= 0.3 is 0 Å². The van der Waals surface area contributed by atoms with Crippen LogP contribution in [0.25, 0.3) is 16.9 Å². The number of nitrogens with zero attached hydrogens (tertiary/aromatic N) is 3. The molecule has 1 aromatic carbocycles. The third-order valence-electron chi connectivity index (χ3n) is 4.19. The zero-order chi connectivity index (χ0) is 15.7. The summed E-state index contributed by atoms with van der Waals surface area (Å²) in [6.07, 6.45) is 2.99. The van der Waals surface area contributed by atoms with Gasteiger partial charge in [0.15, 0.2) is 0 Å². The summed E-state index contributed by atoms with van der Waals surface area (Å²) in [5, 5.41) is 3.20. The zero-order valence-corrected chi connectivity index (χ0v) is 13.1. The molecule has 22 heavy (non-hydrogen) atoms. The van der Waals surface area contributed by atoms with Crippen molar-refractivity contribution in [2.45, 2.75) is 33.1 Å². The van der Waals surface area contributed by atoms with Crippen LogP contribution < -0.4 is 0 Å². The summed E-state index contributed by atoms with van der Waals surface area (Å²) in [6.45, 7) is 6.37. The number of hydrogen-bond donors (Lipinski definition) is 0. The zero-order valence-electron chi connectivity index (χ0n) is 13.1. The van der Waals surface area contributed by atoms with Crippen LogP contribution in [-0.4, -0.2) is 9.38 Å². The van der Waals surface area contributed by atoms with E-state index >= 15 is 0 Å². The van der Waals surface area contributed by atoms with E-state index in [2.05, 4.69) is 36.1 Å². The predicted molar refractivity (Wildman–Crippen MR) is 89.5 cm³/mol. The number of hydrogen-bond acceptors (Lipinski definition) is 3. The number of aromatic nitrogens is 2. The van der Waals surface area contributed by atoms with Gasteiger partial charge in [-0.15, -0.1) is 4.91 Å². The van der Waals surface area contributed by atoms with E-state index in [1.165, 1.54) is 5.56 Å². The fraction of sp³-hybridized carbons (Fsp3) is 0.278. The van der Waals surface area contributed by atoms with E-state index in [0.717, 1.165) is 23.2 Å². The standard InChI is InChI=1S/C18H19N3O/c1-4-13(3)14-6-8-15(9-7-14)17-18(20-22)21-11-12(2)5-10-16(21)19-17/h5-11,13H,4H2,1-3H3. The fourth-order valence-electron chi connectivity index (χ4n) is 2.62. The predicted octanol–water partition coefficient (Wildman–Crippen LogP) is 5.22. The molecule has 0 radical (unpaired) electrons. The van der Waals surface area contributed by atoms with Crippen LogP contribution in [0.3, 0.4) is 0 Å². The Bertz CT molecular complexity index is 818. The van der Waals surface area contributed by atoms with Gasteiger partial charge in [-0.3, -0.25) is 4.40 Å². The van der Waals surface area contributed by atoms with Crippen LogP contribution in [-0.2, 0) is 0 Å². The monoisotopic (exact) mass is 293 g/mol. The lowest BCUT2D eigenvalue weighted by atomic mass is 9.97. The number of aryl methyl sites for hydroxylation is 1. The number of imidazole rings is 1. The van der Waals surface area contributed by atoms with Gasteiger partial charge in [-0.25, -0.2) is 4.98 Å². The molecule has 0 aliphatic heterocycles. The quantitative estimate of drug-likeness (QED) is 0.619. The van der Waals surface area contributed by atoms with E-state index in [9.17, 15) is 4.91 Å². The Morgan fingerprint density at radius 1 is 1.18 bits per heavy atom. The number of nitroso groups, excluding NO2 is 1. The van der Waals surface area contributed by atoms with Crippen molar-refractivity contribution in [3.8, 4) is 11.3 Å². The molecule has 0 bridgehead atoms. The van der Waals surface area contributed by atoms with Gasteiger partial charge in [0.1, 0.15) is 11.3 Å². The molecule has 0 saturated heterocycles. The van der Waals surface area contributed by atoms with E-state index in [-0.39, 0.29) is 0 Å². The van der Waals surface area contributed by atoms with Crippen LogP contribution in [0.2, 0.25) is 0 Å². The normalized spacial score (nSPS) is 12.5. The van der Waals surface area contributed by atoms with Gasteiger partial charge in [-0.1, -0.05) is 44.2 Å². The SMILES string of the molecule is CCC(C)c1ccc(-c2nc3ccc(C)cn3c2N=O)cc1. The molecule has 1 unspecified atom stereocenters. The maximum Gasteiger partial charge on any atom is 0.209 e. The van der Waals surface area contributed by atoms with Crippen LogP contribution in [0, 0.1) is 11.8 Å². The highest BCUT2D eigenvalue weighted by molar-refractivity contribution is 5.74. The van der Waals surface area contributed by atoms with Gasteiger partial charge < -0.3 is 0 Å². The number of rotatable bonds is 4. The Hall–Kier alpha value is -2.49. The first-order valence-electron chi connectivity index (χ1n) is 7.56. The highest BCUT2D eigenvalue weighted by Gasteiger charge is 2.15. The van der Waals surface area contributed by atoms with Gasteiger partial charge in [0, 0.05) is 11.8 Å². The third kappa shape index (κ3) is 2.41. The molecule has 0 aliphatic rings. The van der Waals surface area contributed by atoms with Crippen molar-refractivity contribution in [3.63, 3.8) is 0 Å². The molecule has 0 fully saturated rings. The Morgan fingerprint density at radius 2 is 1.91 bits per heavy atom. The first kappa shape index (κ1) is 14.4. The van der Waals surface area contributed by atoms with E-state index in [4.69, 9.17) is 0 Å². The van der Waals surface area contributed by atoms with Gasteiger partial charge in [-0.05, 0) is 41.6 Å². The first-order valence-corrected chi connectivity index (χ1v) is 7.56. The molecule has 3 rings (SSSR count). The van der Waals surface area contributed by atoms with E-state index in [0.29, 0.717) is 17.4 Å². The second-order valence-electron chi connectivity index (χ2n) is 5.74. The number of benzene rings is 1. The van der Waals surface area contributed by atoms with Crippen LogP contribution in [0.4, 0.5) is 5.82 Å². The maximum atomic E-state index is 11.3. The summed E-state index contributed by atoms with van der Waals surface area (Å²) in [6, 6.07) is 12.1. The number of fused-ring (bicyclic) bond motifs is 1. The molecule has 0 spiro atoms. The molecule has 0 saturated carbocycles. The van der Waals surface area contributed by atoms with E-state index in [1.807, 2.05) is 37.4 Å². The van der Waals surface area contributed by atoms with Gasteiger partial charge in [0.2, 0.25) is 5.82 Å². The highest BCUT2D eigenvalue weighted by atomic mass is 16.3. The summed E-state index contributed by atoms with van der Waals surface area (Å²) >= 11 is 0. The van der Waals surface area contributed by atoms with Crippen molar-refractivity contribution < 1.29 is 0 Å². The molecular formula is C18H19N3O. The minimum atomic E-state index is 0.356. The largest absolute Gasteiger partial charge is 0.281 e. The van der Waals surface area contributed by atoms with Crippen molar-refractivity contribution in [1.29, 1.82) is 0 Å². The van der Waals surface area contributed by atoms with Crippen LogP contribution in [0.15, 0.2) is 47.8 Å². The molecule has 0 N–H and O–H groups in total. The van der Waals surface area contributed by atoms with Crippen LogP contribution in [0.5, 0.6) is 0 Å². The summed E-state index contributed by atoms with van der Waals surface area (Å²) in [7, 11) is 0. The average molecular weight is 293 g/mol. The third-order valence-corrected chi connectivity index (χ3v) is 4.19. The van der Waals surface area contributed by atoms with Crippen LogP contribution in [0.1, 0.15) is 37.3 Å². The smallest absolute Gasteiger partial charge is 0.209 e. The molecule has 3 aromatic rings. The summed E-state index contributed by atoms with van der Waals surface area (Å²) in [5.74, 6) is 0.886. The second-order valence-corrected chi connectivity index (χ2v) is 5.74. The van der Waals surface area contributed by atoms with Crippen molar-refractivity contribution in [3.05, 3.63) is 58.6 Å². The fourth-order valence-corrected chi connectivity index (χ4v) is 2.62. The van der Waals surface area contributed by atoms with Crippen molar-refractivity contribution in [2.75, 3.05) is 0 Å². The molecule has 2 aromatic heterocycles. The van der Waals surface area contributed by atoms with Crippen molar-refractivity contribution >= 4 is 11.5 Å². The Morgan fingerprint density at radius 3 is 2.55 bits per heavy atom. The summed E-state index contributed by atoms with van der Waals surface area (Å²) in [4.78, 5) is 15.9. The Labute approximate surface area is 129 Å². The number of pyridine rings is 1. The minimum Gasteiger partial charge on any atom is -0.281 e. The first-order chi connectivity index (χ1) is 10.6. The van der Waals surface area contributed by atoms with Gasteiger partial charge in [0.05, 0.1) is 0 Å². The summed E-state index contributed by atoms with van der Waals surface area (Å²) < 4.78 is 1.75. The lowest BCUT2D eigenvalue weighted by molar-refractivity contribution is 0.734. The molecule has 0 amide bonds. The molecule has 112 valence electrons. The Balaban J connectivity index is 2.11. The van der Waals surface area contributed by atoms with Crippen molar-refractivity contribution in [1.82, 2.24) is 9.38 Å². The molecule has 4 nitrogen and oxygen atoms in total. The highest BCUT2D eigenvalue weighted by Crippen LogP contribution is 2.32. The van der Waals surface area contributed by atoms with E-state index in [1.54, 1.807) is 4.40 Å². The average Bonchev–Trinajstić information content (AvgIpc) is 2.91. The van der Waals surface area contributed by atoms with Crippen molar-refractivity contribution in [2.24, 2.45) is 5.18 Å². The lowest BCUT2D eigenvalue weighted by Gasteiger charge is -2.09. The topological polar surface area (TPSA) is 46.7 Å². The van der Waals surface area contributed by atoms with E-state index < -0.39 is 0 Å². The molecule has 2 heterocycles. The van der Waals surface area contributed by atoms with Gasteiger partial charge in [-0.2, -0.15) is 0 Å². The Kier molecular flexibility index (Phi) is 3.75. The van der Waals surface area contributed by atoms with Gasteiger partial charge in [0.25, 0.3) is 0 Å². The maximum absolute atomic E-state index is 11.3. The molecule has 0 aliphatic carbocycles. The second kappa shape index (κ2) is 5.72. The minimum absolute atomic E-state index is 0.356.